The zero-order valence-electron chi connectivity index (χ0n) is 11.8. The summed E-state index contributed by atoms with van der Waals surface area (Å²) in [5, 5.41) is 9.28. The highest BCUT2D eigenvalue weighted by Crippen LogP contribution is 2.32. The average Bonchev–Trinajstić information content (AvgIpc) is 2.88. The fourth-order valence-electron chi connectivity index (χ4n) is 3.09. The van der Waals surface area contributed by atoms with E-state index >= 15 is 0 Å². The number of anilines is 1. The summed E-state index contributed by atoms with van der Waals surface area (Å²) in [4.78, 5) is 6.86. The molecule has 2 unspecified atom stereocenters. The Morgan fingerprint density at radius 1 is 1.47 bits per heavy atom. The second-order valence-electron chi connectivity index (χ2n) is 5.22. The largest absolute Gasteiger partial charge is 0.352 e. The van der Waals surface area contributed by atoms with Crippen molar-refractivity contribution >= 4 is 5.82 Å². The highest BCUT2D eigenvalue weighted by Gasteiger charge is 2.32. The zero-order valence-corrected chi connectivity index (χ0v) is 11.8. The Hall–Kier alpha value is -1.60. The van der Waals surface area contributed by atoms with Gasteiger partial charge >= 0.3 is 0 Å². The molecule has 0 radical (unpaired) electrons. The van der Waals surface area contributed by atoms with Gasteiger partial charge in [0, 0.05) is 18.3 Å². The molecule has 4 heteroatoms. The van der Waals surface area contributed by atoms with Crippen LogP contribution in [0.2, 0.25) is 0 Å². The lowest BCUT2D eigenvalue weighted by Gasteiger charge is -2.33. The van der Waals surface area contributed by atoms with Gasteiger partial charge in [-0.3, -0.25) is 0 Å². The summed E-state index contributed by atoms with van der Waals surface area (Å²) >= 11 is 0. The lowest BCUT2D eigenvalue weighted by molar-refractivity contribution is 0.459. The van der Waals surface area contributed by atoms with Crippen LogP contribution in [-0.4, -0.2) is 24.1 Å². The first-order chi connectivity index (χ1) is 9.21. The third kappa shape index (κ3) is 2.71. The molecule has 0 bridgehead atoms. The van der Waals surface area contributed by atoms with Gasteiger partial charge in [-0.2, -0.15) is 5.26 Å². The van der Waals surface area contributed by atoms with Crippen LogP contribution in [0.1, 0.15) is 37.4 Å². The molecule has 1 saturated carbocycles. The van der Waals surface area contributed by atoms with Crippen molar-refractivity contribution in [1.29, 1.82) is 5.26 Å². The number of nitriles is 1. The van der Waals surface area contributed by atoms with Gasteiger partial charge in [0.05, 0.1) is 5.56 Å². The first-order valence-corrected chi connectivity index (χ1v) is 7.05. The van der Waals surface area contributed by atoms with Crippen molar-refractivity contribution in [3.05, 3.63) is 23.4 Å². The number of hydrogen-bond donors (Lipinski definition) is 1. The Labute approximate surface area is 115 Å². The van der Waals surface area contributed by atoms with Gasteiger partial charge in [-0.1, -0.05) is 6.42 Å². The molecule has 4 nitrogen and oxygen atoms in total. The second-order valence-corrected chi connectivity index (χ2v) is 5.22. The van der Waals surface area contributed by atoms with E-state index < -0.39 is 0 Å². The number of rotatable bonds is 4. The van der Waals surface area contributed by atoms with Crippen molar-refractivity contribution in [3.63, 3.8) is 0 Å². The van der Waals surface area contributed by atoms with Crippen molar-refractivity contribution in [2.24, 2.45) is 11.7 Å². The van der Waals surface area contributed by atoms with Crippen molar-refractivity contribution < 1.29 is 0 Å². The molecule has 1 fully saturated rings. The molecule has 0 amide bonds. The Morgan fingerprint density at radius 3 is 2.89 bits per heavy atom. The Balaban J connectivity index is 2.36. The molecule has 102 valence electrons. The number of aryl methyl sites for hydroxylation is 1. The molecule has 1 aromatic rings. The van der Waals surface area contributed by atoms with Crippen molar-refractivity contribution in [2.75, 3.05) is 18.0 Å². The third-order valence-corrected chi connectivity index (χ3v) is 4.07. The molecular formula is C15H22N4. The maximum Gasteiger partial charge on any atom is 0.147 e. The predicted molar refractivity (Wildman–Crippen MR) is 76.9 cm³/mol. The molecule has 0 aliphatic heterocycles. The van der Waals surface area contributed by atoms with Gasteiger partial charge in [-0.25, -0.2) is 4.98 Å². The standard InChI is InChI=1S/C15H22N4/c1-3-19(14-6-4-5-12(14)9-16)15-13(10-17)8-7-11(2)18-15/h7-8,12,14H,3-6,9,16H2,1-2H3. The molecule has 0 spiro atoms. The Morgan fingerprint density at radius 2 is 2.26 bits per heavy atom. The van der Waals surface area contributed by atoms with Crippen molar-refractivity contribution in [2.45, 2.75) is 39.2 Å². The van der Waals surface area contributed by atoms with E-state index in [9.17, 15) is 5.26 Å². The van der Waals surface area contributed by atoms with E-state index in [4.69, 9.17) is 5.73 Å². The summed E-state index contributed by atoms with van der Waals surface area (Å²) in [6.07, 6.45) is 3.55. The summed E-state index contributed by atoms with van der Waals surface area (Å²) in [7, 11) is 0. The van der Waals surface area contributed by atoms with Crippen LogP contribution in [0, 0.1) is 24.2 Å². The third-order valence-electron chi connectivity index (χ3n) is 4.07. The minimum atomic E-state index is 0.427. The van der Waals surface area contributed by atoms with Gasteiger partial charge in [-0.15, -0.1) is 0 Å². The van der Waals surface area contributed by atoms with E-state index in [2.05, 4.69) is 22.9 Å². The van der Waals surface area contributed by atoms with Crippen LogP contribution >= 0.6 is 0 Å². The quantitative estimate of drug-likeness (QED) is 0.899. The van der Waals surface area contributed by atoms with Gasteiger partial charge in [-0.05, 0) is 51.3 Å². The number of pyridine rings is 1. The van der Waals surface area contributed by atoms with Crippen LogP contribution in [0.3, 0.4) is 0 Å². The summed E-state index contributed by atoms with van der Waals surface area (Å²) in [6, 6.07) is 6.45. The van der Waals surface area contributed by atoms with Crippen LogP contribution < -0.4 is 10.6 Å². The average molecular weight is 258 g/mol. The highest BCUT2D eigenvalue weighted by molar-refractivity contribution is 5.55. The number of hydrogen-bond acceptors (Lipinski definition) is 4. The van der Waals surface area contributed by atoms with Crippen LogP contribution in [0.25, 0.3) is 0 Å². The molecule has 0 saturated heterocycles. The molecule has 1 heterocycles. The number of aromatic nitrogens is 1. The Kier molecular flexibility index (Phi) is 4.39. The molecule has 1 aliphatic carbocycles. The summed E-state index contributed by atoms with van der Waals surface area (Å²) in [6.45, 7) is 5.67. The zero-order chi connectivity index (χ0) is 13.8. The maximum absolute atomic E-state index is 9.28. The summed E-state index contributed by atoms with van der Waals surface area (Å²) in [5.74, 6) is 1.35. The van der Waals surface area contributed by atoms with Gasteiger partial charge in [0.25, 0.3) is 0 Å². The molecule has 0 aromatic carbocycles. The minimum absolute atomic E-state index is 0.427. The van der Waals surface area contributed by atoms with Gasteiger partial charge in [0.1, 0.15) is 11.9 Å². The minimum Gasteiger partial charge on any atom is -0.352 e. The summed E-state index contributed by atoms with van der Waals surface area (Å²) < 4.78 is 0. The van der Waals surface area contributed by atoms with Crippen LogP contribution in [0.15, 0.2) is 12.1 Å². The van der Waals surface area contributed by atoms with Crippen molar-refractivity contribution in [1.82, 2.24) is 4.98 Å². The van der Waals surface area contributed by atoms with Crippen molar-refractivity contribution in [3.8, 4) is 6.07 Å². The van der Waals surface area contributed by atoms with E-state index in [1.165, 1.54) is 12.8 Å². The smallest absolute Gasteiger partial charge is 0.147 e. The monoisotopic (exact) mass is 258 g/mol. The predicted octanol–water partition coefficient (Wildman–Crippen LogP) is 2.22. The second kappa shape index (κ2) is 6.03. The molecule has 2 rings (SSSR count). The molecule has 19 heavy (non-hydrogen) atoms. The molecule has 1 aliphatic rings. The number of nitrogens with zero attached hydrogens (tertiary/aromatic N) is 3. The molecule has 2 atom stereocenters. The fraction of sp³-hybridized carbons (Fsp3) is 0.600. The lowest BCUT2D eigenvalue weighted by atomic mass is 10.0. The topological polar surface area (TPSA) is 65.9 Å². The van der Waals surface area contributed by atoms with E-state index in [1.54, 1.807) is 0 Å². The first-order valence-electron chi connectivity index (χ1n) is 7.05. The normalized spacial score (nSPS) is 22.2. The summed E-state index contributed by atoms with van der Waals surface area (Å²) in [5.41, 5.74) is 7.50. The highest BCUT2D eigenvalue weighted by atomic mass is 15.2. The van der Waals surface area contributed by atoms with Crippen LogP contribution in [0.5, 0.6) is 0 Å². The van der Waals surface area contributed by atoms with Crippen LogP contribution in [0.4, 0.5) is 5.82 Å². The van der Waals surface area contributed by atoms with E-state index in [0.717, 1.165) is 31.0 Å². The lowest BCUT2D eigenvalue weighted by Crippen LogP contribution is -2.41. The maximum atomic E-state index is 9.28. The molecular weight excluding hydrogens is 236 g/mol. The SMILES string of the molecule is CCN(c1nc(C)ccc1C#N)C1CCCC1CN. The van der Waals surface area contributed by atoms with Crippen LogP contribution in [-0.2, 0) is 0 Å². The molecule has 1 aromatic heterocycles. The Bertz CT molecular complexity index is 478. The molecule has 2 N–H and O–H groups in total. The van der Waals surface area contributed by atoms with Gasteiger partial charge in [0.2, 0.25) is 0 Å². The first kappa shape index (κ1) is 13.8. The van der Waals surface area contributed by atoms with E-state index in [1.807, 2.05) is 19.1 Å². The van der Waals surface area contributed by atoms with Gasteiger partial charge < -0.3 is 10.6 Å². The van der Waals surface area contributed by atoms with E-state index in [-0.39, 0.29) is 0 Å². The van der Waals surface area contributed by atoms with Gasteiger partial charge in [0.15, 0.2) is 0 Å². The van der Waals surface area contributed by atoms with E-state index in [0.29, 0.717) is 17.5 Å². The number of nitrogens with two attached hydrogens (primary N) is 1. The fourth-order valence-corrected chi connectivity index (χ4v) is 3.09.